The van der Waals surface area contributed by atoms with E-state index in [9.17, 15) is 14.7 Å². The predicted octanol–water partition coefficient (Wildman–Crippen LogP) is 2.99. The summed E-state index contributed by atoms with van der Waals surface area (Å²) in [5.74, 6) is 0.325. The van der Waals surface area contributed by atoms with Gasteiger partial charge in [-0.05, 0) is 54.3 Å². The molecule has 7 nitrogen and oxygen atoms in total. The van der Waals surface area contributed by atoms with Crippen molar-refractivity contribution in [2.24, 2.45) is 5.92 Å². The van der Waals surface area contributed by atoms with Crippen LogP contribution in [0.15, 0.2) is 41.2 Å². The van der Waals surface area contributed by atoms with Crippen LogP contribution in [-0.4, -0.2) is 29.2 Å². The number of benzene rings is 2. The molecule has 1 heterocycles. The standard InChI is InChI=1S/C24H26N2O5/c1-5-26-20-10-8-17(24(28)29)13-19(20)25-18(23(26)27)9-6-16-7-11-21(30-4)22(12-16)31-14-15(2)3/h6-13,15H,5,14H2,1-4H3,(H,28,29)/p-1/b9-6+. The molecule has 0 atom stereocenters. The molecule has 3 rings (SSSR count). The van der Waals surface area contributed by atoms with Crippen molar-refractivity contribution in [3.63, 3.8) is 0 Å². The highest BCUT2D eigenvalue weighted by molar-refractivity contribution is 5.91. The number of nitrogens with zero attached hydrogens (tertiary/aromatic N) is 2. The molecule has 7 heteroatoms. The molecule has 0 amide bonds. The number of hydrogen-bond acceptors (Lipinski definition) is 6. The Morgan fingerprint density at radius 1 is 1.16 bits per heavy atom. The van der Waals surface area contributed by atoms with Gasteiger partial charge in [0.1, 0.15) is 5.69 Å². The zero-order valence-electron chi connectivity index (χ0n) is 18.0. The van der Waals surface area contributed by atoms with Crippen molar-refractivity contribution in [2.45, 2.75) is 27.3 Å². The number of aromatic nitrogens is 2. The SMILES string of the molecule is CCn1c(=O)c(/C=C/c2ccc(OC)c(OCC(C)C)c2)nc2cc(C(=O)[O-])ccc21. The largest absolute Gasteiger partial charge is 0.545 e. The summed E-state index contributed by atoms with van der Waals surface area (Å²) in [6.07, 6.45) is 3.38. The highest BCUT2D eigenvalue weighted by Crippen LogP contribution is 2.29. The van der Waals surface area contributed by atoms with Gasteiger partial charge in [-0.3, -0.25) is 4.79 Å². The van der Waals surface area contributed by atoms with Crippen molar-refractivity contribution in [1.29, 1.82) is 0 Å². The van der Waals surface area contributed by atoms with E-state index in [0.29, 0.717) is 41.6 Å². The van der Waals surface area contributed by atoms with Crippen LogP contribution >= 0.6 is 0 Å². The number of aromatic carboxylic acids is 1. The lowest BCUT2D eigenvalue weighted by Crippen LogP contribution is -2.25. The number of carboxylic acid groups (broad SMARTS) is 1. The average Bonchev–Trinajstić information content (AvgIpc) is 2.75. The number of carboxylic acids is 1. The monoisotopic (exact) mass is 421 g/mol. The summed E-state index contributed by atoms with van der Waals surface area (Å²) >= 11 is 0. The third-order valence-corrected chi connectivity index (χ3v) is 4.72. The smallest absolute Gasteiger partial charge is 0.276 e. The molecular formula is C24H25N2O5-. The van der Waals surface area contributed by atoms with Gasteiger partial charge in [0.25, 0.3) is 5.56 Å². The van der Waals surface area contributed by atoms with Crippen molar-refractivity contribution in [1.82, 2.24) is 9.55 Å². The maximum absolute atomic E-state index is 12.9. The number of carbonyl (C=O) groups excluding carboxylic acids is 1. The number of carbonyl (C=O) groups is 1. The zero-order valence-corrected chi connectivity index (χ0v) is 18.0. The summed E-state index contributed by atoms with van der Waals surface area (Å²) in [5.41, 5.74) is 1.77. The second kappa shape index (κ2) is 9.47. The molecular weight excluding hydrogens is 396 g/mol. The van der Waals surface area contributed by atoms with Crippen molar-refractivity contribution in [3.8, 4) is 11.5 Å². The van der Waals surface area contributed by atoms with Gasteiger partial charge in [0.05, 0.1) is 30.7 Å². The molecule has 0 aliphatic heterocycles. The van der Waals surface area contributed by atoms with Gasteiger partial charge in [0, 0.05) is 6.54 Å². The Morgan fingerprint density at radius 2 is 1.94 bits per heavy atom. The Bertz CT molecular complexity index is 1190. The van der Waals surface area contributed by atoms with Gasteiger partial charge in [0.15, 0.2) is 11.5 Å². The lowest BCUT2D eigenvalue weighted by molar-refractivity contribution is -0.255. The van der Waals surface area contributed by atoms with Gasteiger partial charge in [-0.2, -0.15) is 0 Å². The van der Waals surface area contributed by atoms with Crippen molar-refractivity contribution in [2.75, 3.05) is 13.7 Å². The third kappa shape index (κ3) is 4.94. The van der Waals surface area contributed by atoms with Crippen molar-refractivity contribution in [3.05, 3.63) is 63.6 Å². The van der Waals surface area contributed by atoms with Gasteiger partial charge < -0.3 is 23.9 Å². The number of rotatable bonds is 8. The van der Waals surface area contributed by atoms with E-state index >= 15 is 0 Å². The molecule has 0 saturated carbocycles. The second-order valence-corrected chi connectivity index (χ2v) is 7.49. The van der Waals surface area contributed by atoms with Gasteiger partial charge in [0.2, 0.25) is 0 Å². The van der Waals surface area contributed by atoms with E-state index in [-0.39, 0.29) is 16.8 Å². The highest BCUT2D eigenvalue weighted by Gasteiger charge is 2.10. The zero-order chi connectivity index (χ0) is 22.5. The fourth-order valence-corrected chi connectivity index (χ4v) is 3.16. The van der Waals surface area contributed by atoms with E-state index in [1.54, 1.807) is 36.0 Å². The minimum absolute atomic E-state index is 0.0123. The van der Waals surface area contributed by atoms with E-state index in [0.717, 1.165) is 5.56 Å². The van der Waals surface area contributed by atoms with E-state index in [1.165, 1.54) is 12.1 Å². The molecule has 3 aromatic rings. The summed E-state index contributed by atoms with van der Waals surface area (Å²) in [4.78, 5) is 28.5. The van der Waals surface area contributed by atoms with Crippen LogP contribution in [0.3, 0.4) is 0 Å². The van der Waals surface area contributed by atoms with Gasteiger partial charge in [-0.1, -0.05) is 32.1 Å². The first kappa shape index (κ1) is 22.1. The molecule has 162 valence electrons. The molecule has 1 aromatic heterocycles. The predicted molar refractivity (Wildman–Crippen MR) is 118 cm³/mol. The highest BCUT2D eigenvalue weighted by atomic mass is 16.5. The van der Waals surface area contributed by atoms with Gasteiger partial charge >= 0.3 is 0 Å². The number of fused-ring (bicyclic) bond motifs is 1. The molecule has 0 bridgehead atoms. The van der Waals surface area contributed by atoms with Crippen LogP contribution in [0, 0.1) is 5.92 Å². The lowest BCUT2D eigenvalue weighted by atomic mass is 10.1. The molecule has 0 radical (unpaired) electrons. The van der Waals surface area contributed by atoms with E-state index < -0.39 is 5.97 Å². The molecule has 2 aromatic carbocycles. The number of hydrogen-bond donors (Lipinski definition) is 0. The minimum atomic E-state index is -1.29. The normalized spacial score (nSPS) is 11.4. The van der Waals surface area contributed by atoms with Gasteiger partial charge in [-0.15, -0.1) is 0 Å². The topological polar surface area (TPSA) is 93.5 Å². The Morgan fingerprint density at radius 3 is 2.58 bits per heavy atom. The van der Waals surface area contributed by atoms with Crippen LogP contribution in [0.4, 0.5) is 0 Å². The first-order chi connectivity index (χ1) is 14.8. The molecule has 0 fully saturated rings. The third-order valence-electron chi connectivity index (χ3n) is 4.72. The van der Waals surface area contributed by atoms with E-state index in [4.69, 9.17) is 9.47 Å². The average molecular weight is 421 g/mol. The molecule has 0 unspecified atom stereocenters. The molecule has 0 saturated heterocycles. The first-order valence-electron chi connectivity index (χ1n) is 10.1. The molecule has 0 spiro atoms. The van der Waals surface area contributed by atoms with E-state index in [2.05, 4.69) is 18.8 Å². The minimum Gasteiger partial charge on any atom is -0.545 e. The van der Waals surface area contributed by atoms with Crippen LogP contribution in [0.5, 0.6) is 11.5 Å². The van der Waals surface area contributed by atoms with Crippen LogP contribution in [0.25, 0.3) is 23.2 Å². The van der Waals surface area contributed by atoms with Crippen LogP contribution in [-0.2, 0) is 6.54 Å². The number of methoxy groups -OCH3 is 1. The second-order valence-electron chi connectivity index (χ2n) is 7.49. The summed E-state index contributed by atoms with van der Waals surface area (Å²) in [6.45, 7) is 6.96. The Labute approximate surface area is 180 Å². The molecule has 31 heavy (non-hydrogen) atoms. The maximum Gasteiger partial charge on any atom is 0.276 e. The molecule has 0 N–H and O–H groups in total. The van der Waals surface area contributed by atoms with E-state index in [1.807, 2.05) is 19.1 Å². The van der Waals surface area contributed by atoms with Crippen LogP contribution in [0.2, 0.25) is 0 Å². The fraction of sp³-hybridized carbons (Fsp3) is 0.292. The summed E-state index contributed by atoms with van der Waals surface area (Å²) in [6, 6.07) is 9.90. The Kier molecular flexibility index (Phi) is 6.74. The molecule has 0 aliphatic rings. The van der Waals surface area contributed by atoms with Crippen molar-refractivity contribution >= 4 is 29.2 Å². The summed E-state index contributed by atoms with van der Waals surface area (Å²) in [7, 11) is 1.58. The summed E-state index contributed by atoms with van der Waals surface area (Å²) in [5, 5.41) is 11.2. The first-order valence-corrected chi connectivity index (χ1v) is 10.1. The van der Waals surface area contributed by atoms with Gasteiger partial charge in [-0.25, -0.2) is 4.98 Å². The van der Waals surface area contributed by atoms with Crippen LogP contribution < -0.4 is 20.1 Å². The lowest BCUT2D eigenvalue weighted by Gasteiger charge is -2.13. The molecule has 0 aliphatic carbocycles. The Balaban J connectivity index is 2.02. The maximum atomic E-state index is 12.9. The summed E-state index contributed by atoms with van der Waals surface area (Å²) < 4.78 is 12.8. The number of ether oxygens (including phenoxy) is 2. The fourth-order valence-electron chi connectivity index (χ4n) is 3.16. The van der Waals surface area contributed by atoms with Crippen LogP contribution in [0.1, 0.15) is 42.4 Å². The quantitative estimate of drug-likeness (QED) is 0.555. The number of aryl methyl sites for hydroxylation is 1. The van der Waals surface area contributed by atoms with Crippen molar-refractivity contribution < 1.29 is 19.4 Å². The Hall–Kier alpha value is -3.61.